The normalized spacial score (nSPS) is 16.7. The molecule has 27 heavy (non-hydrogen) atoms. The summed E-state index contributed by atoms with van der Waals surface area (Å²) < 4.78 is 10.8. The number of anilines is 1. The van der Waals surface area contributed by atoms with Gasteiger partial charge in [0.2, 0.25) is 0 Å². The summed E-state index contributed by atoms with van der Waals surface area (Å²) in [4.78, 5) is 25.8. The summed E-state index contributed by atoms with van der Waals surface area (Å²) in [5.74, 6) is 0.565. The van der Waals surface area contributed by atoms with Crippen molar-refractivity contribution in [3.05, 3.63) is 60.2 Å². The van der Waals surface area contributed by atoms with Crippen molar-refractivity contribution in [1.82, 2.24) is 10.6 Å². The van der Waals surface area contributed by atoms with Gasteiger partial charge in [0.25, 0.3) is 5.91 Å². The largest absolute Gasteiger partial charge is 0.497 e. The standard InChI is InChI=1S/C20H23N3O4/c1-26-17-9-5-8-16(10-17)23-13-18(27-14-19(23)24)12-22-20(25)21-11-15-6-3-2-4-7-15/h2-10,18H,11-14H2,1H3,(H2,21,22,25). The summed E-state index contributed by atoms with van der Waals surface area (Å²) in [5.41, 5.74) is 1.78. The molecule has 1 heterocycles. The van der Waals surface area contributed by atoms with Crippen LogP contribution in [0.5, 0.6) is 5.75 Å². The molecule has 7 heteroatoms. The Bertz CT molecular complexity index is 782. The molecule has 1 saturated heterocycles. The number of nitrogens with zero attached hydrogens (tertiary/aromatic N) is 1. The minimum atomic E-state index is -0.281. The van der Waals surface area contributed by atoms with Gasteiger partial charge < -0.3 is 25.0 Å². The first-order valence-corrected chi connectivity index (χ1v) is 8.77. The zero-order chi connectivity index (χ0) is 19.1. The topological polar surface area (TPSA) is 79.9 Å². The van der Waals surface area contributed by atoms with Crippen LogP contribution in [-0.2, 0) is 16.1 Å². The van der Waals surface area contributed by atoms with Crippen LogP contribution in [0.15, 0.2) is 54.6 Å². The van der Waals surface area contributed by atoms with Crippen molar-refractivity contribution in [2.24, 2.45) is 0 Å². The van der Waals surface area contributed by atoms with E-state index in [0.29, 0.717) is 25.4 Å². The Morgan fingerprint density at radius 1 is 1.19 bits per heavy atom. The van der Waals surface area contributed by atoms with Crippen molar-refractivity contribution >= 4 is 17.6 Å². The van der Waals surface area contributed by atoms with Crippen LogP contribution in [0.2, 0.25) is 0 Å². The van der Waals surface area contributed by atoms with Crippen LogP contribution >= 0.6 is 0 Å². The summed E-state index contributed by atoms with van der Waals surface area (Å²) in [6.45, 7) is 1.11. The lowest BCUT2D eigenvalue weighted by molar-refractivity contribution is -0.129. The number of hydrogen-bond acceptors (Lipinski definition) is 4. The second-order valence-electron chi connectivity index (χ2n) is 6.19. The quantitative estimate of drug-likeness (QED) is 0.815. The Morgan fingerprint density at radius 2 is 2.00 bits per heavy atom. The van der Waals surface area contributed by atoms with Crippen LogP contribution in [-0.4, -0.2) is 44.8 Å². The van der Waals surface area contributed by atoms with Crippen LogP contribution in [0.25, 0.3) is 0 Å². The Balaban J connectivity index is 1.50. The number of morpholine rings is 1. The van der Waals surface area contributed by atoms with E-state index in [2.05, 4.69) is 10.6 Å². The fraction of sp³-hybridized carbons (Fsp3) is 0.300. The molecule has 2 aromatic carbocycles. The summed E-state index contributed by atoms with van der Waals surface area (Å²) in [7, 11) is 1.58. The Morgan fingerprint density at radius 3 is 2.78 bits per heavy atom. The van der Waals surface area contributed by atoms with Gasteiger partial charge in [-0.05, 0) is 17.7 Å². The van der Waals surface area contributed by atoms with E-state index in [1.54, 1.807) is 18.1 Å². The van der Waals surface area contributed by atoms with Crippen molar-refractivity contribution in [2.75, 3.05) is 31.7 Å². The van der Waals surface area contributed by atoms with Gasteiger partial charge >= 0.3 is 6.03 Å². The van der Waals surface area contributed by atoms with E-state index in [1.807, 2.05) is 48.5 Å². The molecule has 1 aliphatic heterocycles. The van der Waals surface area contributed by atoms with Gasteiger partial charge in [-0.3, -0.25) is 4.79 Å². The molecule has 0 spiro atoms. The fourth-order valence-electron chi connectivity index (χ4n) is 2.82. The molecule has 3 amide bonds. The molecule has 1 aliphatic rings. The number of methoxy groups -OCH3 is 1. The van der Waals surface area contributed by atoms with E-state index in [9.17, 15) is 9.59 Å². The Hall–Kier alpha value is -3.06. The lowest BCUT2D eigenvalue weighted by Gasteiger charge is -2.33. The second kappa shape index (κ2) is 9.05. The third-order valence-electron chi connectivity index (χ3n) is 4.28. The molecule has 2 aromatic rings. The minimum absolute atomic E-state index is 0.0187. The molecule has 1 atom stereocenters. The molecule has 1 unspecified atom stereocenters. The highest BCUT2D eigenvalue weighted by Gasteiger charge is 2.27. The van der Waals surface area contributed by atoms with Crippen LogP contribution in [0.4, 0.5) is 10.5 Å². The second-order valence-corrected chi connectivity index (χ2v) is 6.19. The average molecular weight is 369 g/mol. The molecule has 2 N–H and O–H groups in total. The van der Waals surface area contributed by atoms with E-state index in [1.165, 1.54) is 0 Å². The summed E-state index contributed by atoms with van der Waals surface area (Å²) in [6, 6.07) is 16.7. The van der Waals surface area contributed by atoms with E-state index in [4.69, 9.17) is 9.47 Å². The van der Waals surface area contributed by atoms with Gasteiger partial charge in [-0.15, -0.1) is 0 Å². The predicted octanol–water partition coefficient (Wildman–Crippen LogP) is 1.93. The molecule has 1 fully saturated rings. The van der Waals surface area contributed by atoms with Crippen LogP contribution in [0.3, 0.4) is 0 Å². The van der Waals surface area contributed by atoms with Crippen LogP contribution in [0, 0.1) is 0 Å². The molecule has 0 saturated carbocycles. The van der Waals surface area contributed by atoms with E-state index < -0.39 is 0 Å². The number of carbonyl (C=O) groups is 2. The first-order valence-electron chi connectivity index (χ1n) is 8.77. The molecule has 0 aromatic heterocycles. The highest BCUT2D eigenvalue weighted by molar-refractivity contribution is 5.95. The Kier molecular flexibility index (Phi) is 6.27. The zero-order valence-corrected chi connectivity index (χ0v) is 15.2. The van der Waals surface area contributed by atoms with Crippen molar-refractivity contribution in [3.63, 3.8) is 0 Å². The smallest absolute Gasteiger partial charge is 0.315 e. The number of carbonyl (C=O) groups excluding carboxylic acids is 2. The van der Waals surface area contributed by atoms with Gasteiger partial charge in [-0.2, -0.15) is 0 Å². The van der Waals surface area contributed by atoms with Crippen molar-refractivity contribution < 1.29 is 19.1 Å². The number of amides is 3. The third-order valence-corrected chi connectivity index (χ3v) is 4.28. The number of ether oxygens (including phenoxy) is 2. The average Bonchev–Trinajstić information content (AvgIpc) is 2.72. The van der Waals surface area contributed by atoms with Gasteiger partial charge in [-0.1, -0.05) is 36.4 Å². The molecule has 3 rings (SSSR count). The highest BCUT2D eigenvalue weighted by Crippen LogP contribution is 2.23. The lowest BCUT2D eigenvalue weighted by atomic mass is 10.2. The summed E-state index contributed by atoms with van der Waals surface area (Å²) >= 11 is 0. The maximum absolute atomic E-state index is 12.2. The SMILES string of the molecule is COc1cccc(N2CC(CNC(=O)NCc3ccccc3)OCC2=O)c1. The number of nitrogens with one attached hydrogen (secondary N) is 2. The monoisotopic (exact) mass is 369 g/mol. The summed E-state index contributed by atoms with van der Waals surface area (Å²) in [6.07, 6.45) is -0.281. The molecule has 0 radical (unpaired) electrons. The first kappa shape index (κ1) is 18.7. The Labute approximate surface area is 158 Å². The molecule has 0 bridgehead atoms. The minimum Gasteiger partial charge on any atom is -0.497 e. The van der Waals surface area contributed by atoms with Crippen LogP contribution < -0.4 is 20.3 Å². The fourth-order valence-corrected chi connectivity index (χ4v) is 2.82. The number of urea groups is 1. The van der Waals surface area contributed by atoms with Gasteiger partial charge in [0.15, 0.2) is 0 Å². The van der Waals surface area contributed by atoms with E-state index in [0.717, 1.165) is 11.3 Å². The number of benzene rings is 2. The number of hydrogen-bond donors (Lipinski definition) is 2. The molecular formula is C20H23N3O4. The first-order chi connectivity index (χ1) is 13.2. The maximum Gasteiger partial charge on any atom is 0.315 e. The van der Waals surface area contributed by atoms with E-state index in [-0.39, 0.29) is 24.6 Å². The maximum atomic E-state index is 12.2. The highest BCUT2D eigenvalue weighted by atomic mass is 16.5. The molecule has 142 valence electrons. The predicted molar refractivity (Wildman–Crippen MR) is 102 cm³/mol. The van der Waals surface area contributed by atoms with Crippen molar-refractivity contribution in [3.8, 4) is 5.75 Å². The van der Waals surface area contributed by atoms with Crippen molar-refractivity contribution in [2.45, 2.75) is 12.6 Å². The van der Waals surface area contributed by atoms with Gasteiger partial charge in [0.05, 0.1) is 19.8 Å². The number of rotatable bonds is 6. The summed E-state index contributed by atoms with van der Waals surface area (Å²) in [5, 5.41) is 5.60. The van der Waals surface area contributed by atoms with Gasteiger partial charge in [0, 0.05) is 24.8 Å². The van der Waals surface area contributed by atoms with Gasteiger partial charge in [-0.25, -0.2) is 4.79 Å². The van der Waals surface area contributed by atoms with Crippen LogP contribution in [0.1, 0.15) is 5.56 Å². The zero-order valence-electron chi connectivity index (χ0n) is 15.2. The van der Waals surface area contributed by atoms with Gasteiger partial charge in [0.1, 0.15) is 12.4 Å². The molecule has 7 nitrogen and oxygen atoms in total. The third kappa shape index (κ3) is 5.21. The molecule has 0 aliphatic carbocycles. The molecular weight excluding hydrogens is 346 g/mol. The lowest BCUT2D eigenvalue weighted by Crippen LogP contribution is -2.51. The van der Waals surface area contributed by atoms with E-state index >= 15 is 0 Å². The van der Waals surface area contributed by atoms with Crippen molar-refractivity contribution in [1.29, 1.82) is 0 Å².